The highest BCUT2D eigenvalue weighted by molar-refractivity contribution is 6.10. The van der Waals surface area contributed by atoms with Crippen molar-refractivity contribution in [3.63, 3.8) is 0 Å². The Labute approximate surface area is 378 Å². The van der Waals surface area contributed by atoms with Crippen LogP contribution in [0.4, 0.5) is 17.1 Å². The molecule has 13 rings (SSSR count). The number of aromatic nitrogens is 1. The molecule has 1 aliphatic carbocycles. The minimum absolute atomic E-state index is 0.553. The van der Waals surface area contributed by atoms with Crippen molar-refractivity contribution in [2.75, 3.05) is 4.90 Å². The molecule has 304 valence electrons. The van der Waals surface area contributed by atoms with E-state index in [-0.39, 0.29) is 0 Å². The van der Waals surface area contributed by atoms with E-state index < -0.39 is 5.41 Å². The average Bonchev–Trinajstić information content (AvgIpc) is 3.86. The normalized spacial score (nSPS) is 12.7. The van der Waals surface area contributed by atoms with E-state index in [0.717, 1.165) is 22.7 Å². The Balaban J connectivity index is 1.02. The first-order valence-electron chi connectivity index (χ1n) is 22.5. The lowest BCUT2D eigenvalue weighted by Crippen LogP contribution is -2.28. The minimum atomic E-state index is -0.553. The Morgan fingerprint density at radius 2 is 0.877 bits per heavy atom. The van der Waals surface area contributed by atoms with Crippen LogP contribution < -0.4 is 4.90 Å². The van der Waals surface area contributed by atoms with Gasteiger partial charge in [-0.15, -0.1) is 0 Å². The van der Waals surface area contributed by atoms with Gasteiger partial charge in [-0.25, -0.2) is 0 Å². The van der Waals surface area contributed by atoms with Crippen molar-refractivity contribution < 1.29 is 0 Å². The van der Waals surface area contributed by atoms with Gasteiger partial charge in [0.05, 0.1) is 22.1 Å². The molecule has 0 saturated carbocycles. The van der Waals surface area contributed by atoms with Crippen LogP contribution in [0.5, 0.6) is 0 Å². The van der Waals surface area contributed by atoms with Gasteiger partial charge < -0.3 is 9.47 Å². The van der Waals surface area contributed by atoms with Crippen LogP contribution in [0.2, 0.25) is 0 Å². The fourth-order valence-electron chi connectivity index (χ4n) is 10.9. The number of hydrogen-bond donors (Lipinski definition) is 0. The quantitative estimate of drug-likeness (QED) is 0.155. The molecule has 1 aliphatic rings. The molecule has 0 amide bonds. The van der Waals surface area contributed by atoms with E-state index >= 15 is 0 Å². The average molecular weight is 827 g/mol. The molecule has 2 nitrogen and oxygen atoms in total. The summed E-state index contributed by atoms with van der Waals surface area (Å²) in [4.78, 5) is 2.46. The molecule has 11 aromatic carbocycles. The highest BCUT2D eigenvalue weighted by Gasteiger charge is 2.46. The number of hydrogen-bond acceptors (Lipinski definition) is 1. The van der Waals surface area contributed by atoms with Crippen molar-refractivity contribution in [3.05, 3.63) is 277 Å². The molecular formula is C63H42N2. The van der Waals surface area contributed by atoms with Gasteiger partial charge in [0, 0.05) is 33.2 Å². The fourth-order valence-corrected chi connectivity index (χ4v) is 10.9. The van der Waals surface area contributed by atoms with E-state index in [9.17, 15) is 0 Å². The van der Waals surface area contributed by atoms with Crippen molar-refractivity contribution in [1.82, 2.24) is 4.57 Å². The Bertz CT molecular complexity index is 3710. The molecule has 0 spiro atoms. The van der Waals surface area contributed by atoms with E-state index in [1.54, 1.807) is 0 Å². The van der Waals surface area contributed by atoms with Gasteiger partial charge in [-0.1, -0.05) is 188 Å². The van der Waals surface area contributed by atoms with Gasteiger partial charge in [-0.2, -0.15) is 0 Å². The van der Waals surface area contributed by atoms with Crippen LogP contribution in [0.3, 0.4) is 0 Å². The van der Waals surface area contributed by atoms with Gasteiger partial charge in [0.15, 0.2) is 0 Å². The second-order valence-corrected chi connectivity index (χ2v) is 17.3. The van der Waals surface area contributed by atoms with E-state index in [0.29, 0.717) is 0 Å². The maximum Gasteiger partial charge on any atom is 0.0714 e. The second-order valence-electron chi connectivity index (χ2n) is 17.3. The van der Waals surface area contributed by atoms with Gasteiger partial charge in [-0.3, -0.25) is 0 Å². The first-order valence-corrected chi connectivity index (χ1v) is 22.5. The topological polar surface area (TPSA) is 8.17 Å². The van der Waals surface area contributed by atoms with Crippen molar-refractivity contribution in [3.8, 4) is 27.9 Å². The lowest BCUT2D eigenvalue weighted by molar-refractivity contribution is 0.769. The molecule has 0 atom stereocenters. The summed E-state index contributed by atoms with van der Waals surface area (Å²) in [5.41, 5.74) is 16.3. The van der Waals surface area contributed by atoms with Crippen molar-refractivity contribution in [2.45, 2.75) is 5.41 Å². The largest absolute Gasteiger partial charge is 0.310 e. The maximum atomic E-state index is 2.48. The summed E-state index contributed by atoms with van der Waals surface area (Å²) in [5.74, 6) is 0. The Morgan fingerprint density at radius 3 is 1.62 bits per heavy atom. The van der Waals surface area contributed by atoms with Gasteiger partial charge in [0.1, 0.15) is 0 Å². The minimum Gasteiger partial charge on any atom is -0.310 e. The van der Waals surface area contributed by atoms with Gasteiger partial charge in [0.25, 0.3) is 0 Å². The molecule has 0 fully saturated rings. The smallest absolute Gasteiger partial charge is 0.0714 e. The molecule has 1 heterocycles. The lowest BCUT2D eigenvalue weighted by atomic mass is 9.67. The second kappa shape index (κ2) is 14.8. The van der Waals surface area contributed by atoms with Crippen molar-refractivity contribution in [1.29, 1.82) is 0 Å². The Kier molecular flexibility index (Phi) is 8.47. The van der Waals surface area contributed by atoms with Gasteiger partial charge in [0.2, 0.25) is 0 Å². The van der Waals surface area contributed by atoms with Crippen LogP contribution in [0.1, 0.15) is 22.3 Å². The number of benzene rings is 11. The van der Waals surface area contributed by atoms with Crippen LogP contribution in [0, 0.1) is 0 Å². The van der Waals surface area contributed by atoms with Gasteiger partial charge in [-0.05, 0) is 127 Å². The molecule has 0 saturated heterocycles. The van der Waals surface area contributed by atoms with E-state index in [1.165, 1.54) is 87.9 Å². The third kappa shape index (κ3) is 5.74. The maximum absolute atomic E-state index is 2.48. The number of para-hydroxylation sites is 2. The number of nitrogens with zero attached hydrogens (tertiary/aromatic N) is 2. The molecule has 0 radical (unpaired) electrons. The molecule has 65 heavy (non-hydrogen) atoms. The zero-order chi connectivity index (χ0) is 42.9. The zero-order valence-corrected chi connectivity index (χ0v) is 35.6. The predicted octanol–water partition coefficient (Wildman–Crippen LogP) is 16.6. The van der Waals surface area contributed by atoms with Crippen LogP contribution in [0.25, 0.3) is 71.3 Å². The summed E-state index contributed by atoms with van der Waals surface area (Å²) in [7, 11) is 0. The molecule has 0 aliphatic heterocycles. The first kappa shape index (κ1) is 37.1. The summed E-state index contributed by atoms with van der Waals surface area (Å²) in [5, 5.41) is 7.40. The van der Waals surface area contributed by atoms with Crippen LogP contribution in [-0.4, -0.2) is 4.57 Å². The number of rotatable bonds is 7. The van der Waals surface area contributed by atoms with Crippen LogP contribution in [0.15, 0.2) is 255 Å². The summed E-state index contributed by atoms with van der Waals surface area (Å²) >= 11 is 0. The Hall–Kier alpha value is -8.46. The lowest BCUT2D eigenvalue weighted by Gasteiger charge is -2.35. The molecule has 0 bridgehead atoms. The number of fused-ring (bicyclic) bond motifs is 8. The highest BCUT2D eigenvalue weighted by Crippen LogP contribution is 2.58. The standard InChI is InChI=1S/C63H42N2/c1-4-21-48(22-5-1)63(49-23-6-2-7-24-49)58-40-46-19-11-10-18-45(46)39-57(58)54-38-36-52(42-59(54)63)64(60-30-16-20-44-17-12-13-27-53(44)60)51-34-31-43(32-35-51)47-33-37-56-55-28-14-15-29-61(55)65(62(56)41-47)50-25-8-3-9-26-50/h1-42H. The van der Waals surface area contributed by atoms with E-state index in [1.807, 2.05) is 0 Å². The fraction of sp³-hybridized carbons (Fsp3) is 0.0159. The molecule has 0 N–H and O–H groups in total. The monoisotopic (exact) mass is 826 g/mol. The summed E-state index contributed by atoms with van der Waals surface area (Å²) in [6.45, 7) is 0. The molecule has 2 heteroatoms. The zero-order valence-electron chi connectivity index (χ0n) is 35.6. The molecule has 1 aromatic heterocycles. The summed E-state index contributed by atoms with van der Waals surface area (Å²) in [6, 6.07) is 94.0. The molecule has 0 unspecified atom stereocenters. The van der Waals surface area contributed by atoms with Crippen molar-refractivity contribution >= 4 is 60.4 Å². The molecular weight excluding hydrogens is 785 g/mol. The van der Waals surface area contributed by atoms with Gasteiger partial charge >= 0.3 is 0 Å². The summed E-state index contributed by atoms with van der Waals surface area (Å²) in [6.07, 6.45) is 0. The predicted molar refractivity (Wildman–Crippen MR) is 273 cm³/mol. The first-order chi connectivity index (χ1) is 32.2. The highest BCUT2D eigenvalue weighted by atomic mass is 15.1. The molecule has 12 aromatic rings. The third-order valence-corrected chi connectivity index (χ3v) is 13.8. The van der Waals surface area contributed by atoms with Crippen LogP contribution >= 0.6 is 0 Å². The Morgan fingerprint density at radius 1 is 0.323 bits per heavy atom. The SMILES string of the molecule is c1ccc(-n2c3ccccc3c3ccc(-c4ccc(N(c5ccc6c(c5)C(c5ccccc5)(c5ccccc5)c5cc7ccccc7cc5-6)c5cccc6ccccc56)cc4)cc32)cc1. The van der Waals surface area contributed by atoms with Crippen molar-refractivity contribution in [2.24, 2.45) is 0 Å². The van der Waals surface area contributed by atoms with Crippen LogP contribution in [-0.2, 0) is 5.41 Å². The number of anilines is 3. The summed E-state index contributed by atoms with van der Waals surface area (Å²) < 4.78 is 2.39. The van der Waals surface area contributed by atoms with E-state index in [4.69, 9.17) is 0 Å². The third-order valence-electron chi connectivity index (χ3n) is 13.8. The van der Waals surface area contributed by atoms with E-state index in [2.05, 4.69) is 264 Å².